The van der Waals surface area contributed by atoms with Crippen LogP contribution in [0.2, 0.25) is 0 Å². The van der Waals surface area contributed by atoms with Crippen molar-refractivity contribution in [3.8, 4) is 0 Å². The predicted molar refractivity (Wildman–Crippen MR) is 118 cm³/mol. The lowest BCUT2D eigenvalue weighted by molar-refractivity contribution is -0.140. The molecule has 2 rings (SSSR count). The summed E-state index contributed by atoms with van der Waals surface area (Å²) >= 11 is 0. The Balaban J connectivity index is 2.40. The summed E-state index contributed by atoms with van der Waals surface area (Å²) in [7, 11) is -2.29. The van der Waals surface area contributed by atoms with Crippen molar-refractivity contribution in [1.29, 1.82) is 0 Å². The minimum Gasteiger partial charge on any atom is -0.357 e. The van der Waals surface area contributed by atoms with Crippen molar-refractivity contribution in [2.45, 2.75) is 32.9 Å². The molecule has 0 radical (unpaired) electrons. The summed E-state index contributed by atoms with van der Waals surface area (Å²) in [5.41, 5.74) is 1.93. The molecule has 0 aliphatic heterocycles. The standard InChI is InChI=1S/C22H28FN3O4S/c1-5-20(22(28)24-3)25(14-17-8-10-18(23)11-9-17)21(27)15-26(31(4,29)30)19-12-6-16(2)7-13-19/h6-13,20H,5,14-15H2,1-4H3,(H,24,28)/t20-/m1/s1. The molecular weight excluding hydrogens is 421 g/mol. The van der Waals surface area contributed by atoms with Crippen LogP contribution in [0.3, 0.4) is 0 Å². The first-order valence-electron chi connectivity index (χ1n) is 9.86. The van der Waals surface area contributed by atoms with Crippen LogP contribution in [-0.2, 0) is 26.2 Å². The number of carbonyl (C=O) groups excluding carboxylic acids is 2. The van der Waals surface area contributed by atoms with Crippen LogP contribution in [0.25, 0.3) is 0 Å². The van der Waals surface area contributed by atoms with E-state index in [0.717, 1.165) is 16.1 Å². The van der Waals surface area contributed by atoms with Crippen LogP contribution in [0.15, 0.2) is 48.5 Å². The Bertz CT molecular complexity index is 1010. The molecule has 9 heteroatoms. The predicted octanol–water partition coefficient (Wildman–Crippen LogP) is 2.45. The summed E-state index contributed by atoms with van der Waals surface area (Å²) < 4.78 is 39.2. The molecule has 31 heavy (non-hydrogen) atoms. The van der Waals surface area contributed by atoms with E-state index < -0.39 is 34.3 Å². The zero-order valence-corrected chi connectivity index (χ0v) is 18.9. The van der Waals surface area contributed by atoms with Gasteiger partial charge in [0.05, 0.1) is 11.9 Å². The summed E-state index contributed by atoms with van der Waals surface area (Å²) in [5.74, 6) is -1.31. The molecule has 0 fully saturated rings. The number of sulfonamides is 1. The van der Waals surface area contributed by atoms with Gasteiger partial charge in [-0.15, -0.1) is 0 Å². The summed E-state index contributed by atoms with van der Waals surface area (Å²) in [6.07, 6.45) is 1.36. The number of nitrogens with one attached hydrogen (secondary N) is 1. The van der Waals surface area contributed by atoms with Gasteiger partial charge in [0.2, 0.25) is 21.8 Å². The van der Waals surface area contributed by atoms with Gasteiger partial charge in [0.1, 0.15) is 18.4 Å². The lowest BCUT2D eigenvalue weighted by atomic mass is 10.1. The minimum absolute atomic E-state index is 0.0382. The molecule has 0 unspecified atom stereocenters. The maximum atomic E-state index is 13.3. The number of hydrogen-bond acceptors (Lipinski definition) is 4. The van der Waals surface area contributed by atoms with E-state index in [2.05, 4.69) is 5.32 Å². The third-order valence-corrected chi connectivity index (χ3v) is 6.04. The molecule has 168 valence electrons. The largest absolute Gasteiger partial charge is 0.357 e. The van der Waals surface area contributed by atoms with Gasteiger partial charge in [0.15, 0.2) is 0 Å². The Kier molecular flexibility index (Phi) is 8.15. The molecule has 0 aromatic heterocycles. The van der Waals surface area contributed by atoms with Crippen molar-refractivity contribution < 1.29 is 22.4 Å². The lowest BCUT2D eigenvalue weighted by Crippen LogP contribution is -2.51. The van der Waals surface area contributed by atoms with Crippen LogP contribution in [0, 0.1) is 12.7 Å². The molecule has 0 saturated heterocycles. The fraction of sp³-hybridized carbons (Fsp3) is 0.364. The number of amides is 2. The second-order valence-corrected chi connectivity index (χ2v) is 9.20. The molecule has 1 atom stereocenters. The maximum absolute atomic E-state index is 13.3. The highest BCUT2D eigenvalue weighted by Gasteiger charge is 2.31. The quantitative estimate of drug-likeness (QED) is 0.637. The molecule has 0 spiro atoms. The van der Waals surface area contributed by atoms with Gasteiger partial charge < -0.3 is 10.2 Å². The molecule has 0 heterocycles. The summed E-state index contributed by atoms with van der Waals surface area (Å²) in [4.78, 5) is 27.1. The normalized spacial score (nSPS) is 12.2. The van der Waals surface area contributed by atoms with Crippen LogP contribution in [0.1, 0.15) is 24.5 Å². The molecule has 0 saturated carbocycles. The van der Waals surface area contributed by atoms with Gasteiger partial charge in [-0.1, -0.05) is 36.8 Å². The molecule has 0 bridgehead atoms. The Morgan fingerprint density at radius 3 is 2.13 bits per heavy atom. The Labute approximate surface area is 182 Å². The van der Waals surface area contributed by atoms with Crippen molar-refractivity contribution in [1.82, 2.24) is 10.2 Å². The van der Waals surface area contributed by atoms with Gasteiger partial charge in [-0.05, 0) is 43.2 Å². The highest BCUT2D eigenvalue weighted by atomic mass is 32.2. The van der Waals surface area contributed by atoms with Crippen molar-refractivity contribution in [2.75, 3.05) is 24.2 Å². The number of benzene rings is 2. The van der Waals surface area contributed by atoms with E-state index in [4.69, 9.17) is 0 Å². The van der Waals surface area contributed by atoms with Crippen LogP contribution < -0.4 is 9.62 Å². The van der Waals surface area contributed by atoms with E-state index in [-0.39, 0.29) is 12.5 Å². The number of likely N-dealkylation sites (N-methyl/N-ethyl adjacent to an activating group) is 1. The van der Waals surface area contributed by atoms with Crippen molar-refractivity contribution in [3.05, 3.63) is 65.5 Å². The Morgan fingerprint density at radius 1 is 1.06 bits per heavy atom. The number of carbonyl (C=O) groups is 2. The van der Waals surface area contributed by atoms with E-state index in [1.54, 1.807) is 31.2 Å². The van der Waals surface area contributed by atoms with E-state index in [1.165, 1.54) is 36.2 Å². The molecule has 0 aliphatic rings. The first-order chi connectivity index (χ1) is 14.6. The number of nitrogens with zero attached hydrogens (tertiary/aromatic N) is 2. The number of anilines is 1. The topological polar surface area (TPSA) is 86.8 Å². The molecule has 1 N–H and O–H groups in total. The number of hydrogen-bond donors (Lipinski definition) is 1. The number of halogens is 1. The Hall–Kier alpha value is -2.94. The first-order valence-corrected chi connectivity index (χ1v) is 11.7. The summed E-state index contributed by atoms with van der Waals surface area (Å²) in [6.45, 7) is 3.21. The van der Waals surface area contributed by atoms with Crippen LogP contribution in [0.5, 0.6) is 0 Å². The van der Waals surface area contributed by atoms with Gasteiger partial charge in [-0.25, -0.2) is 12.8 Å². The van der Waals surface area contributed by atoms with Gasteiger partial charge in [0.25, 0.3) is 0 Å². The van der Waals surface area contributed by atoms with E-state index >= 15 is 0 Å². The second-order valence-electron chi connectivity index (χ2n) is 7.29. The summed E-state index contributed by atoms with van der Waals surface area (Å²) in [6, 6.07) is 11.6. The molecule has 2 aromatic rings. The van der Waals surface area contributed by atoms with Gasteiger partial charge in [0, 0.05) is 13.6 Å². The third kappa shape index (κ3) is 6.52. The zero-order valence-electron chi connectivity index (χ0n) is 18.1. The fourth-order valence-electron chi connectivity index (χ4n) is 3.20. The average Bonchev–Trinajstić information content (AvgIpc) is 2.72. The van der Waals surface area contributed by atoms with Gasteiger partial charge >= 0.3 is 0 Å². The maximum Gasteiger partial charge on any atom is 0.244 e. The molecule has 2 amide bonds. The van der Waals surface area contributed by atoms with Gasteiger partial charge in [-0.3, -0.25) is 13.9 Å². The first kappa shape index (κ1) is 24.3. The Morgan fingerprint density at radius 2 is 1.65 bits per heavy atom. The summed E-state index contributed by atoms with van der Waals surface area (Å²) in [5, 5.41) is 2.54. The van der Waals surface area contributed by atoms with Crippen LogP contribution in [0.4, 0.5) is 10.1 Å². The molecule has 0 aliphatic carbocycles. The smallest absolute Gasteiger partial charge is 0.244 e. The van der Waals surface area contributed by atoms with Crippen LogP contribution >= 0.6 is 0 Å². The average molecular weight is 450 g/mol. The van der Waals surface area contributed by atoms with Crippen molar-refractivity contribution >= 4 is 27.5 Å². The lowest BCUT2D eigenvalue weighted by Gasteiger charge is -2.32. The highest BCUT2D eigenvalue weighted by Crippen LogP contribution is 2.20. The highest BCUT2D eigenvalue weighted by molar-refractivity contribution is 7.92. The minimum atomic E-state index is -3.76. The molecule has 7 nitrogen and oxygen atoms in total. The van der Waals surface area contributed by atoms with Crippen molar-refractivity contribution in [2.24, 2.45) is 0 Å². The second kappa shape index (κ2) is 10.4. The number of aryl methyl sites for hydroxylation is 1. The monoisotopic (exact) mass is 449 g/mol. The van der Waals surface area contributed by atoms with E-state index in [1.807, 2.05) is 6.92 Å². The fourth-order valence-corrected chi connectivity index (χ4v) is 4.05. The van der Waals surface area contributed by atoms with E-state index in [0.29, 0.717) is 17.7 Å². The molecular formula is C22H28FN3O4S. The van der Waals surface area contributed by atoms with Crippen LogP contribution in [-0.4, -0.2) is 51.0 Å². The SMILES string of the molecule is CC[C@H](C(=O)NC)N(Cc1ccc(F)cc1)C(=O)CN(c1ccc(C)cc1)S(C)(=O)=O. The van der Waals surface area contributed by atoms with Gasteiger partial charge in [-0.2, -0.15) is 0 Å². The zero-order chi connectivity index (χ0) is 23.2. The third-order valence-electron chi connectivity index (χ3n) is 4.90. The molecule has 2 aromatic carbocycles. The number of rotatable bonds is 9. The van der Waals surface area contributed by atoms with E-state index in [9.17, 15) is 22.4 Å². The van der Waals surface area contributed by atoms with Crippen molar-refractivity contribution in [3.63, 3.8) is 0 Å².